The minimum absolute atomic E-state index is 0.0128. The zero-order valence-corrected chi connectivity index (χ0v) is 14.3. The fourth-order valence-electron chi connectivity index (χ4n) is 3.95. The standard InChI is InChI=1S/C19H24N4O/c1-19(2)9-7-12-5-3-4-6-13(12)17(19)21-18(24)16-14-11-20-10-8-15(14)22-23-16/h3-6,17,20H,7-11H2,1-2H3,(H,21,24)(H,22,23). The second-order valence-electron chi connectivity index (χ2n) is 7.55. The van der Waals surface area contributed by atoms with Crippen LogP contribution in [-0.2, 0) is 19.4 Å². The number of nitrogens with one attached hydrogen (secondary N) is 3. The molecule has 2 heterocycles. The van der Waals surface area contributed by atoms with Crippen LogP contribution in [0.2, 0.25) is 0 Å². The van der Waals surface area contributed by atoms with Crippen LogP contribution < -0.4 is 10.6 Å². The molecule has 0 saturated heterocycles. The number of aromatic nitrogens is 2. The normalized spacial score (nSPS) is 21.7. The van der Waals surface area contributed by atoms with Gasteiger partial charge in [0.2, 0.25) is 0 Å². The second-order valence-corrected chi connectivity index (χ2v) is 7.55. The van der Waals surface area contributed by atoms with Crippen molar-refractivity contribution in [2.45, 2.75) is 45.7 Å². The van der Waals surface area contributed by atoms with Gasteiger partial charge in [-0.25, -0.2) is 0 Å². The molecule has 0 spiro atoms. The van der Waals surface area contributed by atoms with Crippen molar-refractivity contribution in [3.63, 3.8) is 0 Å². The van der Waals surface area contributed by atoms with Crippen molar-refractivity contribution in [3.8, 4) is 0 Å². The molecular formula is C19H24N4O. The first kappa shape index (κ1) is 15.4. The molecule has 5 heteroatoms. The molecule has 1 amide bonds. The highest BCUT2D eigenvalue weighted by atomic mass is 16.2. The molecule has 1 aromatic carbocycles. The van der Waals surface area contributed by atoms with Crippen LogP contribution in [0.3, 0.4) is 0 Å². The van der Waals surface area contributed by atoms with Gasteiger partial charge in [-0.1, -0.05) is 38.1 Å². The number of benzene rings is 1. The number of carbonyl (C=O) groups excluding carboxylic acids is 1. The molecule has 5 nitrogen and oxygen atoms in total. The van der Waals surface area contributed by atoms with E-state index in [0.717, 1.165) is 37.1 Å². The van der Waals surface area contributed by atoms with Crippen LogP contribution in [0, 0.1) is 5.41 Å². The van der Waals surface area contributed by atoms with Crippen molar-refractivity contribution in [3.05, 3.63) is 52.3 Å². The number of aromatic amines is 1. The minimum atomic E-state index is -0.0778. The Hall–Kier alpha value is -2.14. The van der Waals surface area contributed by atoms with Gasteiger partial charge in [0, 0.05) is 30.8 Å². The SMILES string of the molecule is CC1(C)CCc2ccccc2C1NC(=O)c1n[nH]c2c1CNCC2. The van der Waals surface area contributed by atoms with Crippen LogP contribution in [0.4, 0.5) is 0 Å². The van der Waals surface area contributed by atoms with Gasteiger partial charge in [-0.2, -0.15) is 5.10 Å². The van der Waals surface area contributed by atoms with Gasteiger partial charge in [0.15, 0.2) is 5.69 Å². The number of H-pyrrole nitrogens is 1. The Morgan fingerprint density at radius 3 is 3.00 bits per heavy atom. The second kappa shape index (κ2) is 5.74. The predicted octanol–water partition coefficient (Wildman–Crippen LogP) is 2.50. The number of hydrogen-bond acceptors (Lipinski definition) is 3. The quantitative estimate of drug-likeness (QED) is 0.795. The molecule has 0 fully saturated rings. The highest BCUT2D eigenvalue weighted by molar-refractivity contribution is 5.94. The van der Waals surface area contributed by atoms with Crippen molar-refractivity contribution in [1.82, 2.24) is 20.8 Å². The van der Waals surface area contributed by atoms with Crippen molar-refractivity contribution < 1.29 is 4.79 Å². The Morgan fingerprint density at radius 1 is 1.29 bits per heavy atom. The number of aryl methyl sites for hydroxylation is 1. The van der Waals surface area contributed by atoms with Crippen molar-refractivity contribution in [2.75, 3.05) is 6.54 Å². The zero-order valence-electron chi connectivity index (χ0n) is 14.3. The molecule has 1 aromatic heterocycles. The van der Waals surface area contributed by atoms with Gasteiger partial charge in [0.05, 0.1) is 6.04 Å². The van der Waals surface area contributed by atoms with E-state index in [1.165, 1.54) is 11.1 Å². The molecule has 24 heavy (non-hydrogen) atoms. The van der Waals surface area contributed by atoms with Gasteiger partial charge in [0.1, 0.15) is 0 Å². The number of amides is 1. The summed E-state index contributed by atoms with van der Waals surface area (Å²) in [5.41, 5.74) is 5.25. The molecule has 0 radical (unpaired) electrons. The zero-order chi connectivity index (χ0) is 16.7. The van der Waals surface area contributed by atoms with Gasteiger partial charge in [0.25, 0.3) is 5.91 Å². The molecule has 1 aliphatic heterocycles. The lowest BCUT2D eigenvalue weighted by molar-refractivity contribution is 0.0874. The number of rotatable bonds is 2. The van der Waals surface area contributed by atoms with E-state index in [-0.39, 0.29) is 17.4 Å². The van der Waals surface area contributed by atoms with Crippen LogP contribution >= 0.6 is 0 Å². The summed E-state index contributed by atoms with van der Waals surface area (Å²) in [5.74, 6) is -0.0778. The maximum atomic E-state index is 12.9. The van der Waals surface area contributed by atoms with Gasteiger partial charge in [-0.3, -0.25) is 9.89 Å². The van der Waals surface area contributed by atoms with Gasteiger partial charge in [-0.15, -0.1) is 0 Å². The van der Waals surface area contributed by atoms with Gasteiger partial charge < -0.3 is 10.6 Å². The minimum Gasteiger partial charge on any atom is -0.343 e. The van der Waals surface area contributed by atoms with E-state index in [1.807, 2.05) is 0 Å². The Balaban J connectivity index is 1.64. The summed E-state index contributed by atoms with van der Waals surface area (Å²) >= 11 is 0. The molecule has 3 N–H and O–H groups in total. The van der Waals surface area contributed by atoms with Crippen molar-refractivity contribution in [1.29, 1.82) is 0 Å². The van der Waals surface area contributed by atoms with E-state index < -0.39 is 0 Å². The van der Waals surface area contributed by atoms with Crippen LogP contribution in [-0.4, -0.2) is 22.6 Å². The number of carbonyl (C=O) groups is 1. The third-order valence-electron chi connectivity index (χ3n) is 5.48. The lowest BCUT2D eigenvalue weighted by Crippen LogP contribution is -2.41. The van der Waals surface area contributed by atoms with E-state index in [9.17, 15) is 4.79 Å². The lowest BCUT2D eigenvalue weighted by atomic mass is 9.70. The maximum absolute atomic E-state index is 12.9. The molecule has 2 aromatic rings. The first-order chi connectivity index (χ1) is 11.6. The maximum Gasteiger partial charge on any atom is 0.272 e. The Kier molecular flexibility index (Phi) is 3.68. The number of fused-ring (bicyclic) bond motifs is 2. The summed E-state index contributed by atoms with van der Waals surface area (Å²) in [7, 11) is 0. The summed E-state index contributed by atoms with van der Waals surface area (Å²) in [5, 5.41) is 13.9. The topological polar surface area (TPSA) is 69.8 Å². The summed E-state index contributed by atoms with van der Waals surface area (Å²) in [6.45, 7) is 6.10. The van der Waals surface area contributed by atoms with E-state index in [1.54, 1.807) is 0 Å². The molecule has 1 aliphatic carbocycles. The third kappa shape index (κ3) is 2.53. The Bertz CT molecular complexity index is 777. The molecule has 126 valence electrons. The van der Waals surface area contributed by atoms with Crippen molar-refractivity contribution >= 4 is 5.91 Å². The molecule has 1 atom stereocenters. The smallest absolute Gasteiger partial charge is 0.272 e. The molecular weight excluding hydrogens is 300 g/mol. The monoisotopic (exact) mass is 324 g/mol. The fourth-order valence-corrected chi connectivity index (χ4v) is 3.95. The molecule has 1 unspecified atom stereocenters. The average Bonchev–Trinajstić information content (AvgIpc) is 3.01. The average molecular weight is 324 g/mol. The van der Waals surface area contributed by atoms with Gasteiger partial charge >= 0.3 is 0 Å². The van der Waals surface area contributed by atoms with Crippen molar-refractivity contribution in [2.24, 2.45) is 5.41 Å². The van der Waals surface area contributed by atoms with E-state index in [0.29, 0.717) is 12.2 Å². The van der Waals surface area contributed by atoms with E-state index >= 15 is 0 Å². The van der Waals surface area contributed by atoms with Gasteiger partial charge in [-0.05, 0) is 29.4 Å². The Labute approximate surface area is 142 Å². The first-order valence-electron chi connectivity index (χ1n) is 8.72. The van der Waals surface area contributed by atoms with E-state index in [4.69, 9.17) is 0 Å². The molecule has 0 bridgehead atoms. The van der Waals surface area contributed by atoms with Crippen LogP contribution in [0.1, 0.15) is 59.2 Å². The third-order valence-corrected chi connectivity index (χ3v) is 5.48. The summed E-state index contributed by atoms with van der Waals surface area (Å²) in [6, 6.07) is 8.46. The highest BCUT2D eigenvalue weighted by Crippen LogP contribution is 2.43. The predicted molar refractivity (Wildman–Crippen MR) is 92.7 cm³/mol. The summed E-state index contributed by atoms with van der Waals surface area (Å²) < 4.78 is 0. The molecule has 4 rings (SSSR count). The highest BCUT2D eigenvalue weighted by Gasteiger charge is 2.37. The molecule has 2 aliphatic rings. The van der Waals surface area contributed by atoms with Crippen LogP contribution in [0.15, 0.2) is 24.3 Å². The first-order valence-corrected chi connectivity index (χ1v) is 8.72. The number of nitrogens with zero attached hydrogens (tertiary/aromatic N) is 1. The van der Waals surface area contributed by atoms with Crippen LogP contribution in [0.25, 0.3) is 0 Å². The summed E-state index contributed by atoms with van der Waals surface area (Å²) in [6.07, 6.45) is 3.03. The lowest BCUT2D eigenvalue weighted by Gasteiger charge is -2.40. The largest absolute Gasteiger partial charge is 0.343 e. The Morgan fingerprint density at radius 2 is 2.12 bits per heavy atom. The molecule has 0 saturated carbocycles. The fraction of sp³-hybridized carbons (Fsp3) is 0.474. The number of hydrogen-bond donors (Lipinski definition) is 3. The van der Waals surface area contributed by atoms with E-state index in [2.05, 4.69) is 58.9 Å². The van der Waals surface area contributed by atoms with Crippen LogP contribution in [0.5, 0.6) is 0 Å². The summed E-state index contributed by atoms with van der Waals surface area (Å²) in [4.78, 5) is 12.9.